The number of hydrogen-bond donors (Lipinski definition) is 0. The van der Waals surface area contributed by atoms with Gasteiger partial charge in [0.2, 0.25) is 0 Å². The molecule has 76 valence electrons. The van der Waals surface area contributed by atoms with Crippen LogP contribution in [0.25, 0.3) is 16.7 Å². The summed E-state index contributed by atoms with van der Waals surface area (Å²) in [6, 6.07) is 6.55. The largest absolute Gasteiger partial charge is 0.292 e. The molecule has 0 aliphatic heterocycles. The van der Waals surface area contributed by atoms with Gasteiger partial charge in [-0.25, -0.2) is 4.98 Å². The van der Waals surface area contributed by atoms with Crippen molar-refractivity contribution in [3.05, 3.63) is 29.3 Å². The van der Waals surface area contributed by atoms with Crippen LogP contribution in [0.15, 0.2) is 23.2 Å². The van der Waals surface area contributed by atoms with Crippen molar-refractivity contribution in [2.75, 3.05) is 6.26 Å². The van der Waals surface area contributed by atoms with E-state index in [9.17, 15) is 0 Å². The molecule has 2 nitrogen and oxygen atoms in total. The Morgan fingerprint density at radius 3 is 2.60 bits per heavy atom. The second kappa shape index (κ2) is 2.89. The average Bonchev–Trinajstić information content (AvgIpc) is 2.74. The maximum atomic E-state index is 4.66. The van der Waals surface area contributed by atoms with Gasteiger partial charge in [-0.15, -0.1) is 11.8 Å². The summed E-state index contributed by atoms with van der Waals surface area (Å²) in [4.78, 5) is 4.66. The maximum Gasteiger partial charge on any atom is 0.142 e. The smallest absolute Gasteiger partial charge is 0.142 e. The normalized spacial score (nSPS) is 11.9. The second-order valence-electron chi connectivity index (χ2n) is 3.89. The molecule has 3 rings (SSSR count). The molecule has 0 radical (unpaired) electrons. The van der Waals surface area contributed by atoms with E-state index in [4.69, 9.17) is 0 Å². The van der Waals surface area contributed by atoms with Crippen LogP contribution in [-0.2, 0) is 0 Å². The van der Waals surface area contributed by atoms with Gasteiger partial charge in [-0.3, -0.25) is 4.40 Å². The zero-order valence-electron chi connectivity index (χ0n) is 9.03. The van der Waals surface area contributed by atoms with Crippen molar-refractivity contribution >= 4 is 28.4 Å². The maximum absolute atomic E-state index is 4.66. The van der Waals surface area contributed by atoms with Gasteiger partial charge in [-0.2, -0.15) is 0 Å². The molecule has 0 fully saturated rings. The Morgan fingerprint density at radius 1 is 1.13 bits per heavy atom. The summed E-state index contributed by atoms with van der Waals surface area (Å²) < 4.78 is 2.26. The molecule has 3 heteroatoms. The molecule has 0 amide bonds. The van der Waals surface area contributed by atoms with Gasteiger partial charge in [0.1, 0.15) is 10.7 Å². The quantitative estimate of drug-likeness (QED) is 0.581. The Hall–Kier alpha value is -1.22. The first-order valence-electron chi connectivity index (χ1n) is 4.97. The fraction of sp³-hybridized carbons (Fsp3) is 0.250. The highest BCUT2D eigenvalue weighted by Gasteiger charge is 2.13. The first kappa shape index (κ1) is 9.04. The summed E-state index contributed by atoms with van der Waals surface area (Å²) in [7, 11) is 0. The molecule has 0 unspecified atom stereocenters. The second-order valence-corrected chi connectivity index (χ2v) is 4.69. The van der Waals surface area contributed by atoms with Gasteiger partial charge in [-0.05, 0) is 43.4 Å². The third-order valence-electron chi connectivity index (χ3n) is 2.90. The van der Waals surface area contributed by atoms with E-state index in [2.05, 4.69) is 47.7 Å². The molecule has 0 atom stereocenters. The van der Waals surface area contributed by atoms with Crippen molar-refractivity contribution in [2.24, 2.45) is 0 Å². The van der Waals surface area contributed by atoms with Crippen LogP contribution in [0.5, 0.6) is 0 Å². The van der Waals surface area contributed by atoms with E-state index < -0.39 is 0 Å². The number of imidazole rings is 1. The zero-order chi connectivity index (χ0) is 10.6. The van der Waals surface area contributed by atoms with Crippen LogP contribution < -0.4 is 0 Å². The lowest BCUT2D eigenvalue weighted by molar-refractivity contribution is 1.21. The van der Waals surface area contributed by atoms with Crippen molar-refractivity contribution in [2.45, 2.75) is 18.9 Å². The summed E-state index contributed by atoms with van der Waals surface area (Å²) >= 11 is 1.71. The number of hydrogen-bond acceptors (Lipinski definition) is 2. The number of thioether (sulfide) groups is 1. The topological polar surface area (TPSA) is 17.3 Å². The van der Waals surface area contributed by atoms with Crippen molar-refractivity contribution in [3.8, 4) is 0 Å². The molecule has 0 aliphatic rings. The molecule has 0 spiro atoms. The van der Waals surface area contributed by atoms with E-state index in [0.717, 1.165) is 10.7 Å². The lowest BCUT2D eigenvalue weighted by Gasteiger charge is -2.02. The first-order valence-corrected chi connectivity index (χ1v) is 6.19. The van der Waals surface area contributed by atoms with E-state index >= 15 is 0 Å². The molecule has 3 aromatic heterocycles. The lowest BCUT2D eigenvalue weighted by atomic mass is 10.2. The lowest BCUT2D eigenvalue weighted by Crippen LogP contribution is -1.89. The predicted molar refractivity (Wildman–Crippen MR) is 65.1 cm³/mol. The van der Waals surface area contributed by atoms with E-state index in [-0.39, 0.29) is 0 Å². The summed E-state index contributed by atoms with van der Waals surface area (Å²) in [5, 5.41) is 1.12. The first-order chi connectivity index (χ1) is 7.22. The SMILES string of the molecule is CSc1nc2c(C)cc(C)c3ccc1n32. The van der Waals surface area contributed by atoms with Crippen LogP contribution in [0.4, 0.5) is 0 Å². The van der Waals surface area contributed by atoms with Gasteiger partial charge < -0.3 is 0 Å². The molecule has 3 aromatic rings. The van der Waals surface area contributed by atoms with Crippen LogP contribution in [0.1, 0.15) is 11.1 Å². The van der Waals surface area contributed by atoms with Crippen LogP contribution in [0, 0.1) is 13.8 Å². The number of aryl methyl sites for hydroxylation is 2. The molecule has 3 heterocycles. The zero-order valence-corrected chi connectivity index (χ0v) is 9.85. The molecular weight excluding hydrogens is 204 g/mol. The highest BCUT2D eigenvalue weighted by atomic mass is 32.2. The Morgan fingerprint density at radius 2 is 1.87 bits per heavy atom. The van der Waals surface area contributed by atoms with Crippen molar-refractivity contribution in [1.82, 2.24) is 9.38 Å². The Balaban J connectivity index is 2.62. The van der Waals surface area contributed by atoms with Crippen molar-refractivity contribution in [1.29, 1.82) is 0 Å². The van der Waals surface area contributed by atoms with Gasteiger partial charge >= 0.3 is 0 Å². The molecule has 0 saturated heterocycles. The molecule has 0 aromatic carbocycles. The summed E-state index contributed by atoms with van der Waals surface area (Å²) in [5.41, 5.74) is 6.18. The third-order valence-corrected chi connectivity index (χ3v) is 3.59. The predicted octanol–water partition coefficient (Wildman–Crippen LogP) is 3.26. The van der Waals surface area contributed by atoms with Crippen molar-refractivity contribution in [3.63, 3.8) is 0 Å². The molecule has 0 bridgehead atoms. The van der Waals surface area contributed by atoms with E-state index in [1.807, 2.05) is 0 Å². The van der Waals surface area contributed by atoms with Gasteiger partial charge in [0.15, 0.2) is 0 Å². The van der Waals surface area contributed by atoms with Gasteiger partial charge in [0.25, 0.3) is 0 Å². The molecule has 0 N–H and O–H groups in total. The Labute approximate surface area is 92.6 Å². The van der Waals surface area contributed by atoms with Crippen LogP contribution in [0.3, 0.4) is 0 Å². The fourth-order valence-electron chi connectivity index (χ4n) is 2.22. The summed E-state index contributed by atoms with van der Waals surface area (Å²) in [6.45, 7) is 4.28. The average molecular weight is 216 g/mol. The number of aromatic nitrogens is 2. The van der Waals surface area contributed by atoms with Crippen LogP contribution in [-0.4, -0.2) is 15.6 Å². The minimum absolute atomic E-state index is 1.10. The number of pyridine rings is 1. The molecule has 0 aliphatic carbocycles. The van der Waals surface area contributed by atoms with E-state index in [0.29, 0.717) is 0 Å². The minimum atomic E-state index is 1.10. The van der Waals surface area contributed by atoms with Crippen LogP contribution in [0.2, 0.25) is 0 Å². The third kappa shape index (κ3) is 1.04. The van der Waals surface area contributed by atoms with Crippen LogP contribution >= 0.6 is 11.8 Å². The Kier molecular flexibility index (Phi) is 1.74. The summed E-state index contributed by atoms with van der Waals surface area (Å²) in [6.07, 6.45) is 2.08. The molecule has 15 heavy (non-hydrogen) atoms. The highest BCUT2D eigenvalue weighted by molar-refractivity contribution is 7.98. The van der Waals surface area contributed by atoms with Gasteiger partial charge in [0.05, 0.1) is 11.0 Å². The van der Waals surface area contributed by atoms with Crippen molar-refractivity contribution < 1.29 is 0 Å². The fourth-order valence-corrected chi connectivity index (χ4v) is 2.77. The van der Waals surface area contributed by atoms with Gasteiger partial charge in [-0.1, -0.05) is 6.07 Å². The van der Waals surface area contributed by atoms with E-state index in [1.54, 1.807) is 11.8 Å². The Bertz CT molecular complexity index is 639. The van der Waals surface area contributed by atoms with Gasteiger partial charge in [0, 0.05) is 0 Å². The number of rotatable bonds is 1. The molecule has 0 saturated carbocycles. The monoisotopic (exact) mass is 216 g/mol. The number of nitrogens with zero attached hydrogens (tertiary/aromatic N) is 2. The standard InChI is InChI=1S/C12H12N2S/c1-7-6-8(2)11-13-12(15-3)10-5-4-9(7)14(10)11/h4-6H,1-3H3. The highest BCUT2D eigenvalue weighted by Crippen LogP contribution is 2.29. The molecular formula is C12H12N2S. The van der Waals surface area contributed by atoms with E-state index in [1.165, 1.54) is 22.2 Å². The minimum Gasteiger partial charge on any atom is -0.292 e. The summed E-state index contributed by atoms with van der Waals surface area (Å²) in [5.74, 6) is 0.